The van der Waals surface area contributed by atoms with Crippen molar-refractivity contribution in [2.24, 2.45) is 11.8 Å². The average Bonchev–Trinajstić information content (AvgIpc) is 3.06. The molecule has 0 fully saturated rings. The Balaban J connectivity index is 1.85. The van der Waals surface area contributed by atoms with Crippen molar-refractivity contribution in [1.29, 1.82) is 0 Å². The van der Waals surface area contributed by atoms with Gasteiger partial charge in [-0.1, -0.05) is 100.0 Å². The highest BCUT2D eigenvalue weighted by atomic mass is 35.5. The molecular weight excluding hydrogens is 632 g/mol. The quantitative estimate of drug-likeness (QED) is 0.166. The lowest BCUT2D eigenvalue weighted by atomic mass is 9.99. The minimum atomic E-state index is -1.04. The fourth-order valence-corrected chi connectivity index (χ4v) is 5.26. The first-order chi connectivity index (χ1) is 22.9. The molecule has 258 valence electrons. The summed E-state index contributed by atoms with van der Waals surface area (Å²) in [6.07, 6.45) is 0.824. The molecule has 3 aromatic rings. The Morgan fingerprint density at radius 2 is 1.27 bits per heavy atom. The van der Waals surface area contributed by atoms with E-state index in [9.17, 15) is 19.2 Å². The van der Waals surface area contributed by atoms with Crippen molar-refractivity contribution in [3.8, 4) is 5.75 Å². The molecule has 0 spiro atoms. The van der Waals surface area contributed by atoms with E-state index in [1.807, 2.05) is 88.4 Å². The number of nitrogens with one attached hydrogen (secondary N) is 3. The number of ether oxygens (including phenoxy) is 1. The maximum absolute atomic E-state index is 13.9. The van der Waals surface area contributed by atoms with Crippen LogP contribution in [0.4, 0.5) is 0 Å². The molecular formula is C37H47ClN4O6. The van der Waals surface area contributed by atoms with Gasteiger partial charge in [-0.2, -0.15) is 0 Å². The molecule has 0 aliphatic heterocycles. The number of carbonyl (C=O) groups is 4. The van der Waals surface area contributed by atoms with Gasteiger partial charge >= 0.3 is 0 Å². The molecule has 0 saturated heterocycles. The maximum Gasteiger partial charge on any atom is 0.268 e. The lowest BCUT2D eigenvalue weighted by Crippen LogP contribution is -2.57. The number of hydrogen-bond donors (Lipinski definition) is 3. The predicted molar refractivity (Wildman–Crippen MR) is 186 cm³/mol. The summed E-state index contributed by atoms with van der Waals surface area (Å²) in [4.78, 5) is 59.5. The van der Waals surface area contributed by atoms with Crippen LogP contribution in [0.2, 0.25) is 5.02 Å². The zero-order valence-electron chi connectivity index (χ0n) is 28.5. The molecule has 3 aromatic carbocycles. The van der Waals surface area contributed by atoms with E-state index in [4.69, 9.17) is 21.2 Å². The molecule has 0 aliphatic rings. The second-order valence-corrected chi connectivity index (χ2v) is 13.0. The number of hydroxylamine groups is 2. The topological polar surface area (TPSA) is 126 Å². The maximum atomic E-state index is 13.9. The molecule has 0 aliphatic carbocycles. The van der Waals surface area contributed by atoms with Gasteiger partial charge in [-0.05, 0) is 54.0 Å². The van der Waals surface area contributed by atoms with Crippen LogP contribution in [0.25, 0.3) is 0 Å². The molecule has 3 rings (SSSR count). The zero-order chi connectivity index (χ0) is 35.2. The summed E-state index contributed by atoms with van der Waals surface area (Å²) in [6.45, 7) is 7.99. The van der Waals surface area contributed by atoms with E-state index in [1.54, 1.807) is 12.1 Å². The van der Waals surface area contributed by atoms with E-state index in [-0.39, 0.29) is 30.4 Å². The minimum absolute atomic E-state index is 0.0215. The van der Waals surface area contributed by atoms with Gasteiger partial charge in [-0.15, -0.1) is 0 Å². The highest BCUT2D eigenvalue weighted by Gasteiger charge is 2.32. The van der Waals surface area contributed by atoms with Crippen molar-refractivity contribution in [1.82, 2.24) is 21.0 Å². The molecule has 0 bridgehead atoms. The fourth-order valence-electron chi connectivity index (χ4n) is 5.09. The van der Waals surface area contributed by atoms with Crippen LogP contribution in [0.3, 0.4) is 0 Å². The van der Waals surface area contributed by atoms with Crippen molar-refractivity contribution in [3.63, 3.8) is 0 Å². The third-order valence-electron chi connectivity index (χ3n) is 7.57. The van der Waals surface area contributed by atoms with E-state index in [0.717, 1.165) is 16.2 Å². The van der Waals surface area contributed by atoms with Crippen molar-refractivity contribution in [2.45, 2.75) is 71.7 Å². The predicted octanol–water partition coefficient (Wildman–Crippen LogP) is 5.34. The van der Waals surface area contributed by atoms with E-state index in [0.29, 0.717) is 23.6 Å². The van der Waals surface area contributed by atoms with Crippen molar-refractivity contribution >= 4 is 35.2 Å². The highest BCUT2D eigenvalue weighted by Crippen LogP contribution is 2.24. The van der Waals surface area contributed by atoms with E-state index in [1.165, 1.54) is 20.2 Å². The summed E-state index contributed by atoms with van der Waals surface area (Å²) < 4.78 is 5.98. The Bertz CT molecular complexity index is 1500. The third-order valence-corrected chi connectivity index (χ3v) is 7.81. The van der Waals surface area contributed by atoms with Gasteiger partial charge in [0.25, 0.3) is 11.8 Å². The van der Waals surface area contributed by atoms with Gasteiger partial charge in [0.2, 0.25) is 11.8 Å². The van der Waals surface area contributed by atoms with Crippen molar-refractivity contribution in [2.75, 3.05) is 14.2 Å². The fraction of sp³-hybridized carbons (Fsp3) is 0.405. The van der Waals surface area contributed by atoms with Gasteiger partial charge in [-0.25, -0.2) is 5.06 Å². The SMILES string of the molecule is CON(C)C(=O)[C@@H](CC(C)C)NC(=O)[C@H](Cc1ccccc1)NC(=O)[C@H](CC(C)C)NC(=O)c1cc(Cl)ccc1OCc1ccccc1. The van der Waals surface area contributed by atoms with Crippen LogP contribution in [-0.4, -0.2) is 61.0 Å². The Morgan fingerprint density at radius 1 is 0.729 bits per heavy atom. The summed E-state index contributed by atoms with van der Waals surface area (Å²) in [5.74, 6) is -1.61. The zero-order valence-corrected chi connectivity index (χ0v) is 29.3. The average molecular weight is 679 g/mol. The van der Waals surface area contributed by atoms with Crippen LogP contribution in [0.5, 0.6) is 5.75 Å². The lowest BCUT2D eigenvalue weighted by Gasteiger charge is -2.28. The molecule has 48 heavy (non-hydrogen) atoms. The van der Waals surface area contributed by atoms with Crippen LogP contribution >= 0.6 is 11.6 Å². The van der Waals surface area contributed by atoms with Crippen LogP contribution in [0.1, 0.15) is 62.0 Å². The van der Waals surface area contributed by atoms with E-state index < -0.39 is 41.8 Å². The Labute approximate surface area is 288 Å². The molecule has 11 heteroatoms. The molecule has 0 aromatic heterocycles. The molecule has 0 unspecified atom stereocenters. The molecule has 10 nitrogen and oxygen atoms in total. The van der Waals surface area contributed by atoms with Gasteiger partial charge < -0.3 is 20.7 Å². The number of amides is 4. The minimum Gasteiger partial charge on any atom is -0.488 e. The van der Waals surface area contributed by atoms with Crippen LogP contribution < -0.4 is 20.7 Å². The van der Waals surface area contributed by atoms with Crippen LogP contribution in [0, 0.1) is 11.8 Å². The molecule has 0 heterocycles. The summed E-state index contributed by atoms with van der Waals surface area (Å²) >= 11 is 6.27. The Hall–Kier alpha value is -4.41. The number of benzene rings is 3. The molecule has 0 saturated carbocycles. The first kappa shape index (κ1) is 38.0. The first-order valence-electron chi connectivity index (χ1n) is 16.1. The number of nitrogens with zero attached hydrogens (tertiary/aromatic N) is 1. The van der Waals surface area contributed by atoms with Gasteiger partial charge in [-0.3, -0.25) is 24.0 Å². The van der Waals surface area contributed by atoms with Gasteiger partial charge in [0.05, 0.1) is 12.7 Å². The Morgan fingerprint density at radius 3 is 1.85 bits per heavy atom. The molecule has 4 amide bonds. The summed E-state index contributed by atoms with van der Waals surface area (Å²) in [5, 5.41) is 9.95. The lowest BCUT2D eigenvalue weighted by molar-refractivity contribution is -0.172. The summed E-state index contributed by atoms with van der Waals surface area (Å²) in [6, 6.07) is 20.6. The second-order valence-electron chi connectivity index (χ2n) is 12.5. The molecule has 3 N–H and O–H groups in total. The third kappa shape index (κ3) is 12.0. The number of hydrogen-bond acceptors (Lipinski definition) is 6. The van der Waals surface area contributed by atoms with Gasteiger partial charge in [0, 0.05) is 18.5 Å². The van der Waals surface area contributed by atoms with Crippen LogP contribution in [0.15, 0.2) is 78.9 Å². The highest BCUT2D eigenvalue weighted by molar-refractivity contribution is 6.31. The molecule has 3 atom stereocenters. The van der Waals surface area contributed by atoms with Crippen molar-refractivity contribution < 1.29 is 28.8 Å². The van der Waals surface area contributed by atoms with E-state index in [2.05, 4.69) is 16.0 Å². The monoisotopic (exact) mass is 678 g/mol. The largest absolute Gasteiger partial charge is 0.488 e. The van der Waals surface area contributed by atoms with E-state index >= 15 is 0 Å². The number of halogens is 1. The first-order valence-corrected chi connectivity index (χ1v) is 16.5. The summed E-state index contributed by atoms with van der Waals surface area (Å²) in [5.41, 5.74) is 1.91. The van der Waals surface area contributed by atoms with Crippen molar-refractivity contribution in [3.05, 3.63) is 101 Å². The normalized spacial score (nSPS) is 12.9. The van der Waals surface area contributed by atoms with Gasteiger partial charge in [0.1, 0.15) is 30.5 Å². The second kappa shape index (κ2) is 18.8. The smallest absolute Gasteiger partial charge is 0.268 e. The standard InChI is InChI=1S/C37H47ClN4O6/c1-24(2)19-30(39-34(43)29-22-28(38)17-18-33(29)48-23-27-15-11-8-12-16-27)35(44)40-31(21-26-13-9-7-10-14-26)36(45)41-32(20-25(3)4)37(46)42(5)47-6/h7-18,22,24-25,30-32H,19-21,23H2,1-6H3,(H,39,43)(H,40,44)(H,41,45)/t30-,31-,32+/m0/s1. The number of carbonyl (C=O) groups excluding carboxylic acids is 4. The number of rotatable bonds is 17. The van der Waals surface area contributed by atoms with Crippen LogP contribution in [-0.2, 0) is 32.2 Å². The summed E-state index contributed by atoms with van der Waals surface area (Å²) in [7, 11) is 2.85. The molecule has 0 radical (unpaired) electrons. The Kier molecular flexibility index (Phi) is 14.9. The number of likely N-dealkylation sites (N-methyl/N-ethyl adjacent to an activating group) is 1. The van der Waals surface area contributed by atoms with Gasteiger partial charge in [0.15, 0.2) is 0 Å².